The van der Waals surface area contributed by atoms with Crippen LogP contribution in [0.25, 0.3) is 0 Å². The molecule has 156 valence electrons. The van der Waals surface area contributed by atoms with Crippen LogP contribution in [0.3, 0.4) is 0 Å². The molecule has 0 aliphatic heterocycles. The molecular weight excluding hydrogens is 403 g/mol. The fraction of sp³-hybridized carbons (Fsp3) is 0.588. The molecular formula is C17H27NaO9S. The van der Waals surface area contributed by atoms with Gasteiger partial charge in [0.15, 0.2) is 0 Å². The summed E-state index contributed by atoms with van der Waals surface area (Å²) in [4.78, 5) is 35.9. The molecule has 1 unspecified atom stereocenters. The summed E-state index contributed by atoms with van der Waals surface area (Å²) in [6, 6.07) is 0. The van der Waals surface area contributed by atoms with Crippen LogP contribution < -0.4 is 29.6 Å². The van der Waals surface area contributed by atoms with Crippen LogP contribution in [0.15, 0.2) is 24.3 Å². The quantitative estimate of drug-likeness (QED) is 0.137. The maximum atomic E-state index is 12.6. The average molecular weight is 430 g/mol. The summed E-state index contributed by atoms with van der Waals surface area (Å²) in [5.74, 6) is -2.44. The molecule has 0 spiro atoms. The van der Waals surface area contributed by atoms with Crippen molar-refractivity contribution in [2.75, 3.05) is 19.8 Å². The Morgan fingerprint density at radius 3 is 1.71 bits per heavy atom. The van der Waals surface area contributed by atoms with Crippen LogP contribution in [-0.4, -0.2) is 55.9 Å². The zero-order chi connectivity index (χ0) is 21.4. The first kappa shape index (κ1) is 29.0. The Hall–Kier alpha value is -1.20. The molecule has 0 radical (unpaired) electrons. The van der Waals surface area contributed by atoms with Gasteiger partial charge in [-0.25, -0.2) is 9.59 Å². The van der Waals surface area contributed by atoms with E-state index in [0.717, 1.165) is 6.92 Å². The normalized spacial score (nSPS) is 12.2. The number of carbonyl (C=O) groups excluding carboxylic acids is 3. The zero-order valence-electron chi connectivity index (χ0n) is 17.9. The Morgan fingerprint density at radius 2 is 1.43 bits per heavy atom. The van der Waals surface area contributed by atoms with Crippen LogP contribution >= 0.6 is 0 Å². The second kappa shape index (κ2) is 12.4. The van der Waals surface area contributed by atoms with Gasteiger partial charge in [0.1, 0.15) is 30.5 Å². The predicted octanol–water partition coefficient (Wildman–Crippen LogP) is -1.44. The van der Waals surface area contributed by atoms with Crippen molar-refractivity contribution in [3.8, 4) is 0 Å². The maximum Gasteiger partial charge on any atom is 1.00 e. The second-order valence-electron chi connectivity index (χ2n) is 6.27. The maximum absolute atomic E-state index is 12.6. The summed E-state index contributed by atoms with van der Waals surface area (Å²) in [5, 5.41) is -1.35. The average Bonchev–Trinajstić information content (AvgIpc) is 2.58. The van der Waals surface area contributed by atoms with Gasteiger partial charge in [0, 0.05) is 11.1 Å². The van der Waals surface area contributed by atoms with E-state index in [2.05, 4.69) is 13.2 Å². The Labute approximate surface area is 189 Å². The number of hydrogen-bond acceptors (Lipinski definition) is 8. The first-order valence-electron chi connectivity index (χ1n) is 8.05. The molecule has 0 aromatic rings. The molecule has 1 atom stereocenters. The summed E-state index contributed by atoms with van der Waals surface area (Å²) in [6.45, 7) is 10.9. The SMILES string of the molecule is C=C(C)C(=O)OCC(CC)(COC(=O)C(=C)C)C(=O)OCC(C)S(=O)(=O)O.[H-].[Na+]. The van der Waals surface area contributed by atoms with Crippen LogP contribution in [0.2, 0.25) is 0 Å². The Balaban J connectivity index is -0.00000338. The summed E-state index contributed by atoms with van der Waals surface area (Å²) in [7, 11) is -4.40. The van der Waals surface area contributed by atoms with Crippen LogP contribution in [-0.2, 0) is 38.7 Å². The van der Waals surface area contributed by atoms with Crippen molar-refractivity contribution >= 4 is 28.0 Å². The predicted molar refractivity (Wildman–Crippen MR) is 97.4 cm³/mol. The second-order valence-corrected chi connectivity index (χ2v) is 8.11. The van der Waals surface area contributed by atoms with E-state index in [0.29, 0.717) is 0 Å². The van der Waals surface area contributed by atoms with E-state index in [1.165, 1.54) is 13.8 Å². The van der Waals surface area contributed by atoms with Crippen molar-refractivity contribution in [3.05, 3.63) is 24.3 Å². The van der Waals surface area contributed by atoms with Gasteiger partial charge in [-0.15, -0.1) is 0 Å². The molecule has 0 aliphatic rings. The van der Waals surface area contributed by atoms with E-state index in [1.807, 2.05) is 0 Å². The molecule has 0 amide bonds. The zero-order valence-corrected chi connectivity index (χ0v) is 19.8. The molecule has 9 nitrogen and oxygen atoms in total. The molecule has 0 saturated heterocycles. The van der Waals surface area contributed by atoms with Crippen molar-refractivity contribution in [1.29, 1.82) is 0 Å². The minimum atomic E-state index is -4.40. The molecule has 11 heteroatoms. The van der Waals surface area contributed by atoms with E-state index in [4.69, 9.17) is 18.8 Å². The van der Waals surface area contributed by atoms with Gasteiger partial charge >= 0.3 is 47.5 Å². The first-order valence-corrected chi connectivity index (χ1v) is 9.56. The van der Waals surface area contributed by atoms with Crippen LogP contribution in [0.5, 0.6) is 0 Å². The van der Waals surface area contributed by atoms with Crippen LogP contribution in [0, 0.1) is 5.41 Å². The Bertz CT molecular complexity index is 688. The van der Waals surface area contributed by atoms with E-state index < -0.39 is 58.5 Å². The Morgan fingerprint density at radius 1 is 1.04 bits per heavy atom. The molecule has 1 N–H and O–H groups in total. The van der Waals surface area contributed by atoms with Gasteiger partial charge in [-0.05, 0) is 27.2 Å². The molecule has 0 aromatic carbocycles. The van der Waals surface area contributed by atoms with Gasteiger partial charge in [-0.2, -0.15) is 8.42 Å². The van der Waals surface area contributed by atoms with Crippen molar-refractivity contribution in [2.24, 2.45) is 5.41 Å². The summed E-state index contributed by atoms with van der Waals surface area (Å²) < 4.78 is 46.1. The molecule has 0 saturated carbocycles. The molecule has 0 fully saturated rings. The summed E-state index contributed by atoms with van der Waals surface area (Å²) in [5.41, 5.74) is -1.35. The minimum absolute atomic E-state index is 0. The first-order chi connectivity index (χ1) is 12.3. The van der Waals surface area contributed by atoms with E-state index in [-0.39, 0.29) is 48.6 Å². The summed E-state index contributed by atoms with van der Waals surface area (Å²) in [6.07, 6.45) is 0.0546. The number of hydrogen-bond donors (Lipinski definition) is 1. The summed E-state index contributed by atoms with van der Waals surface area (Å²) >= 11 is 0. The standard InChI is InChI=1S/C17H26O9S.Na.H/c1-7-17(9-25-14(18)11(2)3,10-26-15(19)12(4)5)16(20)24-8-13(6)27(21,22)23;;/h13H,2,4,7-10H2,1,3,5-6H3,(H,21,22,23);;/q;+1;-1. The van der Waals surface area contributed by atoms with Gasteiger partial charge in [0.25, 0.3) is 10.1 Å². The van der Waals surface area contributed by atoms with Crippen LogP contribution in [0.4, 0.5) is 0 Å². The number of carbonyl (C=O) groups is 3. The third-order valence-corrected chi connectivity index (χ3v) is 4.88. The molecule has 0 rings (SSSR count). The Kier molecular flexibility index (Phi) is 12.8. The van der Waals surface area contributed by atoms with Gasteiger partial charge in [0.2, 0.25) is 0 Å². The van der Waals surface area contributed by atoms with E-state index in [9.17, 15) is 22.8 Å². The van der Waals surface area contributed by atoms with Crippen LogP contribution in [0.1, 0.15) is 35.5 Å². The smallest absolute Gasteiger partial charge is 1.00 e. The van der Waals surface area contributed by atoms with Crippen molar-refractivity contribution in [1.82, 2.24) is 0 Å². The van der Waals surface area contributed by atoms with E-state index >= 15 is 0 Å². The monoisotopic (exact) mass is 430 g/mol. The molecule has 28 heavy (non-hydrogen) atoms. The molecule has 0 bridgehead atoms. The fourth-order valence-corrected chi connectivity index (χ4v) is 1.83. The number of ether oxygens (including phenoxy) is 3. The van der Waals surface area contributed by atoms with Gasteiger partial charge in [-0.3, -0.25) is 9.35 Å². The molecule has 0 aliphatic carbocycles. The minimum Gasteiger partial charge on any atom is -1.00 e. The van der Waals surface area contributed by atoms with E-state index in [1.54, 1.807) is 6.92 Å². The number of esters is 3. The topological polar surface area (TPSA) is 133 Å². The van der Waals surface area contributed by atoms with Gasteiger partial charge in [0.05, 0.1) is 0 Å². The van der Waals surface area contributed by atoms with Gasteiger partial charge < -0.3 is 15.6 Å². The van der Waals surface area contributed by atoms with Crippen molar-refractivity contribution in [3.63, 3.8) is 0 Å². The third kappa shape index (κ3) is 9.33. The molecule has 0 aromatic heterocycles. The van der Waals surface area contributed by atoms with Gasteiger partial charge in [-0.1, -0.05) is 20.1 Å². The molecule has 0 heterocycles. The third-order valence-electron chi connectivity index (χ3n) is 3.72. The van der Waals surface area contributed by atoms with Crippen molar-refractivity contribution in [2.45, 2.75) is 39.4 Å². The number of rotatable bonds is 11. The largest absolute Gasteiger partial charge is 1.00 e. The fourth-order valence-electron chi connectivity index (χ4n) is 1.59. The van der Waals surface area contributed by atoms with Crippen molar-refractivity contribution < 1.29 is 72.5 Å².